The molecule has 1 amide bonds. The van der Waals surface area contributed by atoms with Crippen molar-refractivity contribution in [3.05, 3.63) is 47.0 Å². The molecule has 5 nitrogen and oxygen atoms in total. The van der Waals surface area contributed by atoms with Crippen LogP contribution in [-0.4, -0.2) is 64.4 Å². The average Bonchev–Trinajstić information content (AvgIpc) is 2.77. The number of amides is 1. The number of halogens is 4. The smallest absolute Gasteiger partial charge is 0.337 e. The summed E-state index contributed by atoms with van der Waals surface area (Å²) in [6.45, 7) is 3.61. The first kappa shape index (κ1) is 20.3. The Morgan fingerprint density at radius 3 is 2.39 bits per heavy atom. The van der Waals surface area contributed by atoms with E-state index in [1.54, 1.807) is 35.6 Å². The SMILES string of the molecule is Cc1nn(-c2ccc(F)cc2)c(C)c1C(=O)N1CCCN(CC(F)(F)F)CC1. The maximum atomic E-state index is 13.2. The quantitative estimate of drug-likeness (QED) is 0.745. The van der Waals surface area contributed by atoms with Crippen molar-refractivity contribution in [3.8, 4) is 5.69 Å². The van der Waals surface area contributed by atoms with E-state index in [1.807, 2.05) is 0 Å². The van der Waals surface area contributed by atoms with E-state index in [1.165, 1.54) is 17.0 Å². The first-order chi connectivity index (χ1) is 13.2. The van der Waals surface area contributed by atoms with Gasteiger partial charge in [0.05, 0.1) is 29.2 Å². The highest BCUT2D eigenvalue weighted by Gasteiger charge is 2.32. The topological polar surface area (TPSA) is 41.4 Å². The molecule has 2 heterocycles. The highest BCUT2D eigenvalue weighted by Crippen LogP contribution is 2.22. The summed E-state index contributed by atoms with van der Waals surface area (Å²) in [7, 11) is 0. The Bertz CT molecular complexity index is 845. The van der Waals surface area contributed by atoms with E-state index in [0.717, 1.165) is 0 Å². The number of hydrogen-bond acceptors (Lipinski definition) is 3. The molecule has 0 saturated carbocycles. The molecule has 1 fully saturated rings. The predicted molar refractivity (Wildman–Crippen MR) is 96.0 cm³/mol. The number of rotatable bonds is 3. The third-order valence-corrected chi connectivity index (χ3v) is 4.85. The second-order valence-corrected chi connectivity index (χ2v) is 6.97. The number of aromatic nitrogens is 2. The minimum Gasteiger partial charge on any atom is -0.337 e. The summed E-state index contributed by atoms with van der Waals surface area (Å²) in [5.74, 6) is -0.605. The van der Waals surface area contributed by atoms with Crippen LogP contribution in [0.5, 0.6) is 0 Å². The lowest BCUT2D eigenvalue weighted by Gasteiger charge is -2.23. The molecule has 1 aromatic carbocycles. The largest absolute Gasteiger partial charge is 0.401 e. The Kier molecular flexibility index (Phi) is 5.74. The lowest BCUT2D eigenvalue weighted by Crippen LogP contribution is -2.38. The Hall–Kier alpha value is -2.42. The number of benzene rings is 1. The lowest BCUT2D eigenvalue weighted by atomic mass is 10.1. The summed E-state index contributed by atoms with van der Waals surface area (Å²) in [6, 6.07) is 5.78. The van der Waals surface area contributed by atoms with Gasteiger partial charge in [-0.1, -0.05) is 0 Å². The van der Waals surface area contributed by atoms with Crippen molar-refractivity contribution in [2.24, 2.45) is 0 Å². The van der Waals surface area contributed by atoms with E-state index in [9.17, 15) is 22.4 Å². The van der Waals surface area contributed by atoms with Crippen molar-refractivity contribution >= 4 is 5.91 Å². The van der Waals surface area contributed by atoms with Gasteiger partial charge in [0.2, 0.25) is 0 Å². The first-order valence-corrected chi connectivity index (χ1v) is 9.06. The Balaban J connectivity index is 1.78. The molecule has 0 aliphatic carbocycles. The van der Waals surface area contributed by atoms with Crippen molar-refractivity contribution in [1.82, 2.24) is 19.6 Å². The normalized spacial score (nSPS) is 16.3. The van der Waals surface area contributed by atoms with Gasteiger partial charge < -0.3 is 4.90 Å². The zero-order valence-electron chi connectivity index (χ0n) is 15.8. The molecule has 1 aromatic heterocycles. The number of aryl methyl sites for hydroxylation is 1. The standard InChI is InChI=1S/C19H22F4N4O/c1-13-17(14(2)27(24-13)16-6-4-15(20)5-7-16)18(28)26-9-3-8-25(10-11-26)12-19(21,22)23/h4-7H,3,8-12H2,1-2H3. The van der Waals surface area contributed by atoms with Gasteiger partial charge in [-0.15, -0.1) is 0 Å². The second-order valence-electron chi connectivity index (χ2n) is 6.97. The third-order valence-electron chi connectivity index (χ3n) is 4.85. The summed E-state index contributed by atoms with van der Waals surface area (Å²) in [6.07, 6.45) is -3.77. The minimum atomic E-state index is -4.25. The first-order valence-electron chi connectivity index (χ1n) is 9.06. The van der Waals surface area contributed by atoms with Gasteiger partial charge >= 0.3 is 6.18 Å². The predicted octanol–water partition coefficient (Wildman–Crippen LogP) is 3.34. The molecule has 0 unspecified atom stereocenters. The zero-order chi connectivity index (χ0) is 20.5. The monoisotopic (exact) mass is 398 g/mol. The fourth-order valence-corrected chi connectivity index (χ4v) is 3.53. The van der Waals surface area contributed by atoms with Crippen molar-refractivity contribution in [1.29, 1.82) is 0 Å². The molecule has 1 aliphatic rings. The summed E-state index contributed by atoms with van der Waals surface area (Å²) in [5.41, 5.74) is 2.22. The highest BCUT2D eigenvalue weighted by molar-refractivity contribution is 5.96. The maximum absolute atomic E-state index is 13.2. The molecule has 3 rings (SSSR count). The van der Waals surface area contributed by atoms with E-state index < -0.39 is 12.7 Å². The number of carbonyl (C=O) groups is 1. The fourth-order valence-electron chi connectivity index (χ4n) is 3.53. The van der Waals surface area contributed by atoms with Crippen LogP contribution in [0.2, 0.25) is 0 Å². The van der Waals surface area contributed by atoms with E-state index in [0.29, 0.717) is 42.1 Å². The van der Waals surface area contributed by atoms with Gasteiger partial charge in [0, 0.05) is 26.2 Å². The second kappa shape index (κ2) is 7.90. The number of hydrogen-bond donors (Lipinski definition) is 0. The van der Waals surface area contributed by atoms with E-state index >= 15 is 0 Å². The maximum Gasteiger partial charge on any atom is 0.401 e. The van der Waals surface area contributed by atoms with E-state index in [-0.39, 0.29) is 24.8 Å². The van der Waals surface area contributed by atoms with Crippen LogP contribution in [0.15, 0.2) is 24.3 Å². The van der Waals surface area contributed by atoms with Gasteiger partial charge in [0.15, 0.2) is 0 Å². The van der Waals surface area contributed by atoms with Crippen LogP contribution >= 0.6 is 0 Å². The molecular weight excluding hydrogens is 376 g/mol. The molecule has 152 valence electrons. The minimum absolute atomic E-state index is 0.176. The molecule has 0 spiro atoms. The summed E-state index contributed by atoms with van der Waals surface area (Å²) < 4.78 is 52.6. The molecule has 1 aliphatic heterocycles. The van der Waals surface area contributed by atoms with Crippen LogP contribution in [0.25, 0.3) is 5.69 Å². The Morgan fingerprint density at radius 2 is 1.75 bits per heavy atom. The van der Waals surface area contributed by atoms with Gasteiger partial charge in [-0.05, 0) is 44.5 Å². The molecule has 9 heteroatoms. The Morgan fingerprint density at radius 1 is 1.07 bits per heavy atom. The van der Waals surface area contributed by atoms with Crippen molar-refractivity contribution in [2.45, 2.75) is 26.4 Å². The molecule has 1 saturated heterocycles. The molecular formula is C19H22F4N4O. The molecule has 0 atom stereocenters. The van der Waals surface area contributed by atoms with Gasteiger partial charge in [-0.2, -0.15) is 18.3 Å². The van der Waals surface area contributed by atoms with Crippen molar-refractivity contribution < 1.29 is 22.4 Å². The van der Waals surface area contributed by atoms with Gasteiger partial charge in [0.1, 0.15) is 5.82 Å². The zero-order valence-corrected chi connectivity index (χ0v) is 15.8. The summed E-state index contributed by atoms with van der Waals surface area (Å²) in [5, 5.41) is 4.40. The third kappa shape index (κ3) is 4.52. The van der Waals surface area contributed by atoms with E-state index in [2.05, 4.69) is 5.10 Å². The molecule has 0 radical (unpaired) electrons. The molecule has 0 bridgehead atoms. The summed E-state index contributed by atoms with van der Waals surface area (Å²) >= 11 is 0. The van der Waals surface area contributed by atoms with Crippen LogP contribution in [0.3, 0.4) is 0 Å². The Labute approximate surface area is 160 Å². The van der Waals surface area contributed by atoms with Gasteiger partial charge in [-0.3, -0.25) is 9.69 Å². The van der Waals surface area contributed by atoms with Crippen LogP contribution in [0.1, 0.15) is 28.2 Å². The number of nitrogens with zero attached hydrogens (tertiary/aromatic N) is 4. The number of carbonyl (C=O) groups excluding carboxylic acids is 1. The van der Waals surface area contributed by atoms with Gasteiger partial charge in [-0.25, -0.2) is 9.07 Å². The van der Waals surface area contributed by atoms with Crippen molar-refractivity contribution in [2.75, 3.05) is 32.7 Å². The lowest BCUT2D eigenvalue weighted by molar-refractivity contribution is -0.145. The van der Waals surface area contributed by atoms with E-state index in [4.69, 9.17) is 0 Å². The van der Waals surface area contributed by atoms with Gasteiger partial charge in [0.25, 0.3) is 5.91 Å². The molecule has 2 aromatic rings. The van der Waals surface area contributed by atoms with Crippen LogP contribution in [0, 0.1) is 19.7 Å². The highest BCUT2D eigenvalue weighted by atomic mass is 19.4. The molecule has 28 heavy (non-hydrogen) atoms. The van der Waals surface area contributed by atoms with Crippen molar-refractivity contribution in [3.63, 3.8) is 0 Å². The average molecular weight is 398 g/mol. The fraction of sp³-hybridized carbons (Fsp3) is 0.474. The van der Waals surface area contributed by atoms with Crippen LogP contribution in [-0.2, 0) is 0 Å². The van der Waals surface area contributed by atoms with Crippen LogP contribution in [0.4, 0.5) is 17.6 Å². The van der Waals surface area contributed by atoms with Crippen LogP contribution < -0.4 is 0 Å². The summed E-state index contributed by atoms with van der Waals surface area (Å²) in [4.78, 5) is 16.0. The number of alkyl halides is 3. The molecule has 0 N–H and O–H groups in total.